The van der Waals surface area contributed by atoms with Crippen LogP contribution >= 0.6 is 0 Å². The second-order valence-electron chi connectivity index (χ2n) is 12.1. The van der Waals surface area contributed by atoms with Crippen LogP contribution in [0.5, 0.6) is 0 Å². The number of aromatic amines is 1. The molecule has 2 atom stereocenters. The van der Waals surface area contributed by atoms with Crippen LogP contribution in [0.25, 0.3) is 10.9 Å². The molecule has 2 heterocycles. The van der Waals surface area contributed by atoms with Gasteiger partial charge in [-0.25, -0.2) is 17.5 Å². The highest BCUT2D eigenvalue weighted by Crippen LogP contribution is 2.42. The van der Waals surface area contributed by atoms with E-state index in [1.165, 1.54) is 6.07 Å². The Bertz CT molecular complexity index is 1580. The molecule has 0 unspecified atom stereocenters. The van der Waals surface area contributed by atoms with E-state index in [2.05, 4.69) is 47.7 Å². The second kappa shape index (κ2) is 11.2. The third kappa shape index (κ3) is 5.90. The van der Waals surface area contributed by atoms with E-state index < -0.39 is 24.1 Å². The predicted molar refractivity (Wildman–Crippen MR) is 159 cm³/mol. The molecule has 40 heavy (non-hydrogen) atoms. The lowest BCUT2D eigenvalue weighted by atomic mass is 9.86. The number of amides is 1. The number of nitrogens with one attached hydrogen (secondary N) is 2. The molecule has 6 nitrogen and oxygen atoms in total. The highest BCUT2D eigenvalue weighted by atomic mass is 32.2. The normalized spacial score (nSPS) is 19.6. The number of aromatic nitrogens is 1. The molecule has 212 valence electrons. The van der Waals surface area contributed by atoms with Gasteiger partial charge in [-0.05, 0) is 73.1 Å². The Morgan fingerprint density at radius 1 is 1.15 bits per heavy atom. The van der Waals surface area contributed by atoms with E-state index in [1.54, 1.807) is 36.4 Å². The van der Waals surface area contributed by atoms with Crippen molar-refractivity contribution in [3.8, 4) is 11.5 Å². The number of benzene rings is 2. The highest BCUT2D eigenvalue weighted by Gasteiger charge is 2.40. The Hall–Kier alpha value is -2.93. The van der Waals surface area contributed by atoms with Gasteiger partial charge < -0.3 is 9.88 Å². The van der Waals surface area contributed by atoms with Crippen molar-refractivity contribution in [2.45, 2.75) is 94.5 Å². The van der Waals surface area contributed by atoms with Gasteiger partial charge in [-0.2, -0.15) is 0 Å². The lowest BCUT2D eigenvalue weighted by Crippen LogP contribution is -2.47. The van der Waals surface area contributed by atoms with Crippen molar-refractivity contribution in [1.82, 2.24) is 14.6 Å². The topological polar surface area (TPSA) is 82.3 Å². The fourth-order valence-corrected chi connectivity index (χ4v) is 7.40. The van der Waals surface area contributed by atoms with E-state index >= 15 is 0 Å². The van der Waals surface area contributed by atoms with Crippen LogP contribution in [0.15, 0.2) is 47.4 Å². The quantitative estimate of drug-likeness (QED) is 0.264. The van der Waals surface area contributed by atoms with Crippen molar-refractivity contribution in [2.75, 3.05) is 0 Å². The molecular formula is C31H38FN3O3SSi. The van der Waals surface area contributed by atoms with Gasteiger partial charge in [0.25, 0.3) is 5.91 Å². The summed E-state index contributed by atoms with van der Waals surface area (Å²) in [7, 11) is -5.44. The molecule has 1 fully saturated rings. The van der Waals surface area contributed by atoms with Crippen molar-refractivity contribution in [3.63, 3.8) is 0 Å². The molecule has 9 heteroatoms. The zero-order valence-electron chi connectivity index (χ0n) is 23.7. The summed E-state index contributed by atoms with van der Waals surface area (Å²) in [4.78, 5) is 19.4. The van der Waals surface area contributed by atoms with Gasteiger partial charge in [-0.15, -0.1) is 5.54 Å². The standard InChI is InChI=1S/C31H38FN3O3SSi/c1-5-6-10-24-20-27-26-19-22(32)13-16-28(26)33-30(27)31(35(24)29(36)17-18-40(2,3)4)21-11-14-25(15-12-21)39(37,38)34-23-8-7-9-23/h11-16,19,23-24,31,33-34H,5-10,20H2,1-4H3/t24-,31+/m0/s1. The first kappa shape index (κ1) is 28.6. The number of hydrogen-bond donors (Lipinski definition) is 2. The van der Waals surface area contributed by atoms with Crippen LogP contribution in [0.1, 0.15) is 68.3 Å². The Kier molecular flexibility index (Phi) is 7.97. The Labute approximate surface area is 237 Å². The smallest absolute Gasteiger partial charge is 0.298 e. The maximum Gasteiger partial charge on any atom is 0.298 e. The van der Waals surface area contributed by atoms with E-state index in [4.69, 9.17) is 0 Å². The molecule has 1 aliphatic heterocycles. The number of carbonyl (C=O) groups excluding carboxylic acids is 1. The third-order valence-corrected chi connectivity index (χ3v) is 10.3. The summed E-state index contributed by atoms with van der Waals surface area (Å²) in [5.74, 6) is 2.43. The van der Waals surface area contributed by atoms with Crippen molar-refractivity contribution >= 4 is 34.9 Å². The Balaban J connectivity index is 1.62. The van der Waals surface area contributed by atoms with Crippen molar-refractivity contribution in [2.24, 2.45) is 0 Å². The molecule has 1 amide bonds. The van der Waals surface area contributed by atoms with Gasteiger partial charge in [0, 0.05) is 28.7 Å². The van der Waals surface area contributed by atoms with Gasteiger partial charge >= 0.3 is 0 Å². The van der Waals surface area contributed by atoms with E-state index in [1.807, 2.05) is 4.90 Å². The minimum atomic E-state index is -3.63. The van der Waals surface area contributed by atoms with E-state index in [0.717, 1.165) is 66.2 Å². The molecule has 0 saturated heterocycles. The number of H-pyrrole nitrogens is 1. The zero-order valence-corrected chi connectivity index (χ0v) is 25.5. The SMILES string of the molecule is CCCC[C@H]1Cc2c([nH]c3ccc(F)cc23)[C@@H](c2ccc(S(=O)(=O)NC3CCC3)cc2)N1C(=O)C#C[Si](C)(C)C. The summed E-state index contributed by atoms with van der Waals surface area (Å²) in [5, 5.41) is 0.825. The molecule has 1 aromatic heterocycles. The van der Waals surface area contributed by atoms with Crippen LogP contribution in [0.2, 0.25) is 19.6 Å². The molecule has 2 aliphatic rings. The first-order valence-electron chi connectivity index (χ1n) is 14.2. The summed E-state index contributed by atoms with van der Waals surface area (Å²) in [6.07, 6.45) is 6.09. The molecule has 1 saturated carbocycles. The van der Waals surface area contributed by atoms with Gasteiger partial charge in [0.05, 0.1) is 10.9 Å². The Morgan fingerprint density at radius 3 is 2.50 bits per heavy atom. The van der Waals surface area contributed by atoms with Crippen LogP contribution < -0.4 is 4.72 Å². The number of carbonyl (C=O) groups is 1. The van der Waals surface area contributed by atoms with E-state index in [9.17, 15) is 17.6 Å². The minimum Gasteiger partial charge on any atom is -0.356 e. The number of halogens is 1. The van der Waals surface area contributed by atoms with Crippen LogP contribution in [0.4, 0.5) is 4.39 Å². The fourth-order valence-electron chi connectivity index (χ4n) is 5.62. The molecule has 3 aromatic rings. The molecule has 1 aliphatic carbocycles. The van der Waals surface area contributed by atoms with E-state index in [0.29, 0.717) is 6.42 Å². The maximum atomic E-state index is 14.3. The number of nitrogens with zero attached hydrogens (tertiary/aromatic N) is 1. The summed E-state index contributed by atoms with van der Waals surface area (Å²) in [5.41, 5.74) is 6.68. The van der Waals surface area contributed by atoms with Gasteiger partial charge in [-0.3, -0.25) is 4.79 Å². The second-order valence-corrected chi connectivity index (χ2v) is 18.6. The van der Waals surface area contributed by atoms with Crippen LogP contribution in [-0.4, -0.2) is 44.4 Å². The van der Waals surface area contributed by atoms with E-state index in [-0.39, 0.29) is 28.7 Å². The summed E-state index contributed by atoms with van der Waals surface area (Å²) < 4.78 is 43.0. The molecule has 0 spiro atoms. The third-order valence-electron chi connectivity index (χ3n) is 7.89. The lowest BCUT2D eigenvalue weighted by molar-refractivity contribution is -0.130. The lowest BCUT2D eigenvalue weighted by Gasteiger charge is -2.41. The Morgan fingerprint density at radius 2 is 1.88 bits per heavy atom. The van der Waals surface area contributed by atoms with Crippen LogP contribution in [0, 0.1) is 17.3 Å². The number of unbranched alkanes of at least 4 members (excludes halogenated alkanes) is 1. The molecule has 2 aromatic carbocycles. The van der Waals surface area contributed by atoms with Crippen molar-refractivity contribution in [1.29, 1.82) is 0 Å². The zero-order chi connectivity index (χ0) is 28.7. The number of fused-ring (bicyclic) bond motifs is 3. The fraction of sp³-hybridized carbons (Fsp3) is 0.452. The monoisotopic (exact) mass is 579 g/mol. The first-order valence-corrected chi connectivity index (χ1v) is 19.2. The highest BCUT2D eigenvalue weighted by molar-refractivity contribution is 7.89. The molecule has 2 N–H and O–H groups in total. The van der Waals surface area contributed by atoms with Crippen molar-refractivity contribution in [3.05, 3.63) is 65.1 Å². The number of sulfonamides is 1. The van der Waals surface area contributed by atoms with Crippen LogP contribution in [0.3, 0.4) is 0 Å². The molecule has 0 bridgehead atoms. The molecule has 5 rings (SSSR count). The number of hydrogen-bond acceptors (Lipinski definition) is 3. The van der Waals surface area contributed by atoms with Crippen molar-refractivity contribution < 1.29 is 17.6 Å². The van der Waals surface area contributed by atoms with Crippen LogP contribution in [-0.2, 0) is 21.2 Å². The molecule has 0 radical (unpaired) electrons. The summed E-state index contributed by atoms with van der Waals surface area (Å²) in [6, 6.07) is 10.9. The number of rotatable bonds is 7. The van der Waals surface area contributed by atoms with Gasteiger partial charge in [0.15, 0.2) is 0 Å². The van der Waals surface area contributed by atoms with Gasteiger partial charge in [-0.1, -0.05) is 58.0 Å². The summed E-state index contributed by atoms with van der Waals surface area (Å²) >= 11 is 0. The largest absolute Gasteiger partial charge is 0.356 e. The first-order chi connectivity index (χ1) is 19.0. The van der Waals surface area contributed by atoms with Gasteiger partial charge in [0.2, 0.25) is 10.0 Å². The maximum absolute atomic E-state index is 14.3. The van der Waals surface area contributed by atoms with Gasteiger partial charge in [0.1, 0.15) is 13.9 Å². The summed E-state index contributed by atoms with van der Waals surface area (Å²) in [6.45, 7) is 8.45. The predicted octanol–water partition coefficient (Wildman–Crippen LogP) is 6.05. The minimum absolute atomic E-state index is 0.00491. The average Bonchev–Trinajstić information content (AvgIpc) is 3.24. The molecular weight excluding hydrogens is 542 g/mol. The average molecular weight is 580 g/mol.